The summed E-state index contributed by atoms with van der Waals surface area (Å²) in [7, 11) is -1.41. The van der Waals surface area contributed by atoms with Crippen LogP contribution < -0.4 is 11.2 Å². The van der Waals surface area contributed by atoms with E-state index in [0.29, 0.717) is 17.1 Å². The van der Waals surface area contributed by atoms with E-state index in [1.165, 1.54) is 12.8 Å². The summed E-state index contributed by atoms with van der Waals surface area (Å²) in [6, 6.07) is 5.34. The first-order valence-electron chi connectivity index (χ1n) is 5.44. The molecule has 0 bridgehead atoms. The number of nitrogens with two attached hydrogens (primary N) is 1. The van der Waals surface area contributed by atoms with Gasteiger partial charge in [0.15, 0.2) is 0 Å². The molecule has 1 saturated carbocycles. The van der Waals surface area contributed by atoms with Crippen molar-refractivity contribution in [3.05, 3.63) is 23.8 Å². The molecule has 4 heteroatoms. The summed E-state index contributed by atoms with van der Waals surface area (Å²) >= 11 is 0. The van der Waals surface area contributed by atoms with E-state index in [1.807, 2.05) is 6.07 Å². The van der Waals surface area contributed by atoms with E-state index in [0.717, 1.165) is 18.4 Å². The Morgan fingerprint density at radius 2 is 1.87 bits per heavy atom. The molecule has 1 fully saturated rings. The van der Waals surface area contributed by atoms with E-state index < -0.39 is 7.12 Å². The van der Waals surface area contributed by atoms with E-state index in [-0.39, 0.29) is 0 Å². The van der Waals surface area contributed by atoms with Gasteiger partial charge in [-0.25, -0.2) is 0 Å². The molecule has 0 radical (unpaired) electrons. The van der Waals surface area contributed by atoms with Gasteiger partial charge in [-0.3, -0.25) is 0 Å². The SMILES string of the molecule is Nc1cccc(B(O)O)c1C1CCCC1. The van der Waals surface area contributed by atoms with Crippen molar-refractivity contribution in [2.75, 3.05) is 5.73 Å². The lowest BCUT2D eigenvalue weighted by Gasteiger charge is -2.17. The first-order valence-corrected chi connectivity index (χ1v) is 5.44. The van der Waals surface area contributed by atoms with Crippen LogP contribution in [-0.2, 0) is 0 Å². The molecular formula is C11H16BNO2. The minimum absolute atomic E-state index is 0.406. The quantitative estimate of drug-likeness (QED) is 0.489. The topological polar surface area (TPSA) is 66.5 Å². The third kappa shape index (κ3) is 2.01. The number of anilines is 1. The fourth-order valence-electron chi connectivity index (χ4n) is 2.51. The zero-order chi connectivity index (χ0) is 10.8. The second kappa shape index (κ2) is 4.25. The second-order valence-electron chi connectivity index (χ2n) is 4.21. The normalized spacial score (nSPS) is 16.9. The molecule has 4 N–H and O–H groups in total. The Bertz CT molecular complexity index is 348. The lowest BCUT2D eigenvalue weighted by molar-refractivity contribution is 0.425. The highest BCUT2D eigenvalue weighted by molar-refractivity contribution is 6.59. The predicted molar refractivity (Wildman–Crippen MR) is 61.9 cm³/mol. The van der Waals surface area contributed by atoms with Gasteiger partial charge in [-0.05, 0) is 35.9 Å². The van der Waals surface area contributed by atoms with Gasteiger partial charge in [0.05, 0.1) is 0 Å². The highest BCUT2D eigenvalue weighted by Crippen LogP contribution is 2.35. The Labute approximate surface area is 90.1 Å². The van der Waals surface area contributed by atoms with Crippen molar-refractivity contribution < 1.29 is 10.0 Å². The summed E-state index contributed by atoms with van der Waals surface area (Å²) in [4.78, 5) is 0. The van der Waals surface area contributed by atoms with Crippen LogP contribution in [0.4, 0.5) is 5.69 Å². The maximum absolute atomic E-state index is 9.29. The maximum Gasteiger partial charge on any atom is 0.488 e. The Morgan fingerprint density at radius 1 is 1.20 bits per heavy atom. The van der Waals surface area contributed by atoms with Crippen LogP contribution in [0.5, 0.6) is 0 Å². The van der Waals surface area contributed by atoms with Crippen LogP contribution in [0.2, 0.25) is 0 Å². The molecular weight excluding hydrogens is 189 g/mol. The smallest absolute Gasteiger partial charge is 0.423 e. The Kier molecular flexibility index (Phi) is 2.98. The van der Waals surface area contributed by atoms with Crippen molar-refractivity contribution in [3.8, 4) is 0 Å². The fourth-order valence-corrected chi connectivity index (χ4v) is 2.51. The Balaban J connectivity index is 2.41. The minimum atomic E-state index is -1.41. The largest absolute Gasteiger partial charge is 0.488 e. The molecule has 0 unspecified atom stereocenters. The number of hydrogen-bond acceptors (Lipinski definition) is 3. The molecule has 3 nitrogen and oxygen atoms in total. The summed E-state index contributed by atoms with van der Waals surface area (Å²) in [6.07, 6.45) is 4.63. The molecule has 0 aromatic heterocycles. The van der Waals surface area contributed by atoms with Gasteiger partial charge in [0.2, 0.25) is 0 Å². The second-order valence-corrected chi connectivity index (χ2v) is 4.21. The van der Waals surface area contributed by atoms with Crippen molar-refractivity contribution in [3.63, 3.8) is 0 Å². The van der Waals surface area contributed by atoms with Crippen molar-refractivity contribution in [2.24, 2.45) is 0 Å². The van der Waals surface area contributed by atoms with E-state index in [9.17, 15) is 10.0 Å². The van der Waals surface area contributed by atoms with Crippen molar-refractivity contribution in [2.45, 2.75) is 31.6 Å². The Morgan fingerprint density at radius 3 is 2.47 bits per heavy atom. The molecule has 15 heavy (non-hydrogen) atoms. The summed E-state index contributed by atoms with van der Waals surface area (Å²) in [5.41, 5.74) is 8.12. The Hall–Kier alpha value is -0.995. The first kappa shape index (κ1) is 10.5. The van der Waals surface area contributed by atoms with Gasteiger partial charge in [-0.1, -0.05) is 25.0 Å². The molecule has 1 aromatic rings. The van der Waals surface area contributed by atoms with Crippen LogP contribution in [0, 0.1) is 0 Å². The molecule has 0 saturated heterocycles. The molecule has 80 valence electrons. The molecule has 0 spiro atoms. The van der Waals surface area contributed by atoms with E-state index >= 15 is 0 Å². The van der Waals surface area contributed by atoms with Crippen LogP contribution >= 0.6 is 0 Å². The van der Waals surface area contributed by atoms with E-state index in [2.05, 4.69) is 0 Å². The lowest BCUT2D eigenvalue weighted by atomic mass is 9.73. The van der Waals surface area contributed by atoms with E-state index in [1.54, 1.807) is 12.1 Å². The highest BCUT2D eigenvalue weighted by atomic mass is 16.4. The summed E-state index contributed by atoms with van der Waals surface area (Å²) < 4.78 is 0. The van der Waals surface area contributed by atoms with Crippen LogP contribution in [0.1, 0.15) is 37.2 Å². The standard InChI is InChI=1S/C11H16BNO2/c13-10-7-3-6-9(12(14)15)11(10)8-4-1-2-5-8/h3,6-8,14-15H,1-2,4-5,13H2. The van der Waals surface area contributed by atoms with Crippen molar-refractivity contribution in [1.29, 1.82) is 0 Å². The first-order chi connectivity index (χ1) is 7.20. The average molecular weight is 205 g/mol. The average Bonchev–Trinajstić information content (AvgIpc) is 2.70. The van der Waals surface area contributed by atoms with Gasteiger partial charge >= 0.3 is 7.12 Å². The van der Waals surface area contributed by atoms with Crippen LogP contribution in [0.3, 0.4) is 0 Å². The molecule has 2 rings (SSSR count). The summed E-state index contributed by atoms with van der Waals surface area (Å²) in [5.74, 6) is 0.406. The lowest BCUT2D eigenvalue weighted by Crippen LogP contribution is -2.34. The third-order valence-electron chi connectivity index (χ3n) is 3.22. The van der Waals surface area contributed by atoms with Crippen LogP contribution in [0.25, 0.3) is 0 Å². The van der Waals surface area contributed by atoms with Crippen LogP contribution in [-0.4, -0.2) is 17.2 Å². The van der Waals surface area contributed by atoms with Crippen molar-refractivity contribution in [1.82, 2.24) is 0 Å². The van der Waals surface area contributed by atoms with Gasteiger partial charge in [0, 0.05) is 5.69 Å². The number of benzene rings is 1. The molecule has 0 heterocycles. The van der Waals surface area contributed by atoms with Crippen LogP contribution in [0.15, 0.2) is 18.2 Å². The van der Waals surface area contributed by atoms with E-state index in [4.69, 9.17) is 5.73 Å². The highest BCUT2D eigenvalue weighted by Gasteiger charge is 2.26. The zero-order valence-corrected chi connectivity index (χ0v) is 8.69. The van der Waals surface area contributed by atoms with Gasteiger partial charge in [-0.2, -0.15) is 0 Å². The van der Waals surface area contributed by atoms with Gasteiger partial charge in [-0.15, -0.1) is 0 Å². The molecule has 1 aromatic carbocycles. The minimum Gasteiger partial charge on any atom is -0.423 e. The summed E-state index contributed by atoms with van der Waals surface area (Å²) in [6.45, 7) is 0. The molecule has 1 aliphatic rings. The molecule has 0 aliphatic heterocycles. The molecule has 1 aliphatic carbocycles. The molecule has 0 amide bonds. The number of rotatable bonds is 2. The monoisotopic (exact) mass is 205 g/mol. The number of hydrogen-bond donors (Lipinski definition) is 3. The fraction of sp³-hybridized carbons (Fsp3) is 0.455. The predicted octanol–water partition coefficient (Wildman–Crippen LogP) is 0.606. The van der Waals surface area contributed by atoms with Gasteiger partial charge < -0.3 is 15.8 Å². The maximum atomic E-state index is 9.29. The summed E-state index contributed by atoms with van der Waals surface area (Å²) in [5, 5.41) is 18.6. The van der Waals surface area contributed by atoms with Gasteiger partial charge in [0.1, 0.15) is 0 Å². The molecule has 0 atom stereocenters. The van der Waals surface area contributed by atoms with Crippen molar-refractivity contribution >= 4 is 18.3 Å². The van der Waals surface area contributed by atoms with Gasteiger partial charge in [0.25, 0.3) is 0 Å². The third-order valence-corrected chi connectivity index (χ3v) is 3.22. The zero-order valence-electron chi connectivity index (χ0n) is 8.69. The number of nitrogen functional groups attached to an aromatic ring is 1.